The number of benzene rings is 10. The summed E-state index contributed by atoms with van der Waals surface area (Å²) in [6.45, 7) is 15.7. The van der Waals surface area contributed by atoms with Gasteiger partial charge in [0.15, 0.2) is 0 Å². The van der Waals surface area contributed by atoms with Gasteiger partial charge in [-0.05, 0) is 172 Å². The van der Waals surface area contributed by atoms with Gasteiger partial charge in [-0.25, -0.2) is 4.79 Å². The van der Waals surface area contributed by atoms with Gasteiger partial charge in [0.2, 0.25) is 0 Å². The van der Waals surface area contributed by atoms with E-state index in [1.54, 1.807) is 12.1 Å². The Balaban J connectivity index is 1.02. The van der Waals surface area contributed by atoms with Crippen LogP contribution in [0.2, 0.25) is 0 Å². The van der Waals surface area contributed by atoms with Gasteiger partial charge in [-0.3, -0.25) is 0 Å². The highest BCUT2D eigenvalue weighted by Gasteiger charge is 2.50. The first kappa shape index (κ1) is 76.8. The second kappa shape index (κ2) is 36.7. The molecule has 0 radical (unpaired) electrons. The number of rotatable bonds is 45. The fourth-order valence-electron chi connectivity index (χ4n) is 18.9. The van der Waals surface area contributed by atoms with Gasteiger partial charge in [-0.2, -0.15) is 8.75 Å². The second-order valence-corrected chi connectivity index (χ2v) is 34.0. The molecule has 3 heterocycles. The fraction of sp³-hybridized carbons (Fsp3) is 0.450. The Kier molecular flexibility index (Phi) is 26.1. The molecule has 8 heteroatoms. The Bertz CT molecular complexity index is 5000. The summed E-state index contributed by atoms with van der Waals surface area (Å²) in [5.41, 5.74) is 19.2. The number of aromatic nitrogens is 3. The van der Waals surface area contributed by atoms with Crippen molar-refractivity contribution in [1.29, 1.82) is 0 Å². The second-order valence-electron chi connectivity index (χ2n) is 32.4. The molecule has 1 N–H and O–H groups in total. The molecule has 0 saturated carbocycles. The van der Waals surface area contributed by atoms with Crippen molar-refractivity contribution in [2.45, 2.75) is 272 Å². The number of carbonyl (C=O) groups is 1. The number of unbranched alkanes of at least 4 members (excludes halogenated alkanes) is 22. The highest BCUT2D eigenvalue weighted by molar-refractivity contribution is 7.19. The summed E-state index contributed by atoms with van der Waals surface area (Å²) >= 11 is 3.09. The van der Waals surface area contributed by atoms with E-state index in [0.717, 1.165) is 64.3 Å². The van der Waals surface area contributed by atoms with Crippen molar-refractivity contribution in [2.75, 3.05) is 6.61 Å². The molecule has 3 aromatic heterocycles. The molecular formula is C100H119N3O3S2. The number of hydrogen-bond acceptors (Lipinski definition) is 6. The van der Waals surface area contributed by atoms with E-state index >= 15 is 0 Å². The number of aromatic carboxylic acids is 1. The molecule has 0 aliphatic heterocycles. The van der Waals surface area contributed by atoms with Gasteiger partial charge in [0.05, 0.1) is 40.3 Å². The van der Waals surface area contributed by atoms with Gasteiger partial charge in [0, 0.05) is 60.1 Å². The molecule has 0 bridgehead atoms. The number of thiophene rings is 1. The lowest BCUT2D eigenvalue weighted by Crippen LogP contribution is -2.30. The summed E-state index contributed by atoms with van der Waals surface area (Å²) < 4.78 is 20.4. The summed E-state index contributed by atoms with van der Waals surface area (Å²) in [4.78, 5) is 14.3. The van der Waals surface area contributed by atoms with E-state index in [4.69, 9.17) is 13.5 Å². The van der Waals surface area contributed by atoms with Crippen LogP contribution in [0.15, 0.2) is 158 Å². The maximum Gasteiger partial charge on any atom is 0.335 e. The predicted octanol–water partition coefficient (Wildman–Crippen LogP) is 30.6. The van der Waals surface area contributed by atoms with E-state index in [-0.39, 0.29) is 5.56 Å². The summed E-state index contributed by atoms with van der Waals surface area (Å²) in [7, 11) is 0. The van der Waals surface area contributed by atoms with Gasteiger partial charge in [0.25, 0.3) is 0 Å². The molecule has 564 valence electrons. The molecule has 0 amide bonds. The minimum atomic E-state index is -0.934. The van der Waals surface area contributed by atoms with Crippen LogP contribution in [0, 0.1) is 11.8 Å². The van der Waals surface area contributed by atoms with E-state index in [0.29, 0.717) is 11.8 Å². The molecule has 1 aliphatic rings. The van der Waals surface area contributed by atoms with Crippen molar-refractivity contribution in [3.8, 4) is 48.9 Å². The first-order valence-electron chi connectivity index (χ1n) is 42.9. The maximum atomic E-state index is 11.9. The first-order chi connectivity index (χ1) is 53.2. The number of hydrogen-bond donors (Lipinski definition) is 1. The average molecular weight is 1480 g/mol. The van der Waals surface area contributed by atoms with Gasteiger partial charge >= 0.3 is 5.97 Å². The van der Waals surface area contributed by atoms with Crippen LogP contribution in [-0.2, 0) is 24.8 Å². The molecule has 14 rings (SSSR count). The van der Waals surface area contributed by atoms with Crippen molar-refractivity contribution in [1.82, 2.24) is 13.3 Å². The van der Waals surface area contributed by atoms with Crippen LogP contribution in [0.5, 0.6) is 5.75 Å². The van der Waals surface area contributed by atoms with Crippen LogP contribution in [0.25, 0.3) is 108 Å². The van der Waals surface area contributed by atoms with Crippen LogP contribution in [0.3, 0.4) is 0 Å². The van der Waals surface area contributed by atoms with Crippen molar-refractivity contribution in [3.63, 3.8) is 0 Å². The normalized spacial score (nSPS) is 13.4. The van der Waals surface area contributed by atoms with Crippen LogP contribution in [-0.4, -0.2) is 31.0 Å². The van der Waals surface area contributed by atoms with Gasteiger partial charge in [-0.1, -0.05) is 324 Å². The Hall–Kier alpha value is -7.91. The molecule has 6 nitrogen and oxygen atoms in total. The standard InChI is InChI=1S/C100H119N3O3S2/c1-7-13-19-25-27-33-40-71(39-31-23-17-11-5)67-103-87-66-85(89-64-63-88(107-89)83-62-61-78(96-97(83)102-108-101-96)73-51-53-74(54-52-73)99(104)105)81-45-35-43-79-80-44-36-46-84-91(80)94(93(87)90(79)81)98(103)95-92(84)82-60-59-77(106-68-72(41-32-24-18-12-6)42-34-28-26-20-14-8-2)65-86(82)100(95,75-55-47-69(48-56-75)37-29-21-15-9-3)76-57-49-70(50-58-76)38-30-22-16-10-4/h35-36,43-66,71-72H,7-34,37-42,67-68H2,1-6H3,(H,104,105). The van der Waals surface area contributed by atoms with Gasteiger partial charge < -0.3 is 14.4 Å². The zero-order chi connectivity index (χ0) is 74.4. The third-order valence-electron chi connectivity index (χ3n) is 24.8. The molecule has 0 saturated heterocycles. The van der Waals surface area contributed by atoms with E-state index in [1.807, 2.05) is 23.5 Å². The molecule has 2 atom stereocenters. The molecule has 108 heavy (non-hydrogen) atoms. The number of ether oxygens (including phenoxy) is 1. The molecule has 0 fully saturated rings. The smallest absolute Gasteiger partial charge is 0.335 e. The van der Waals surface area contributed by atoms with Crippen LogP contribution in [0.1, 0.15) is 291 Å². The van der Waals surface area contributed by atoms with Crippen molar-refractivity contribution in [3.05, 3.63) is 197 Å². The highest BCUT2D eigenvalue weighted by Crippen LogP contribution is 2.64. The molecule has 1 aliphatic carbocycles. The van der Waals surface area contributed by atoms with E-state index in [9.17, 15) is 9.90 Å². The van der Waals surface area contributed by atoms with E-state index < -0.39 is 11.4 Å². The number of carboxylic acids is 1. The number of nitrogens with zero attached hydrogens (tertiary/aromatic N) is 3. The minimum absolute atomic E-state index is 0.265. The minimum Gasteiger partial charge on any atom is -0.493 e. The highest BCUT2D eigenvalue weighted by atomic mass is 32.1. The molecular weight excluding hydrogens is 1360 g/mol. The summed E-state index contributed by atoms with van der Waals surface area (Å²) in [5, 5.41) is 20.6. The lowest BCUT2D eigenvalue weighted by Gasteiger charge is -2.35. The van der Waals surface area contributed by atoms with E-state index in [2.05, 4.69) is 180 Å². The molecule has 2 unspecified atom stereocenters. The third-order valence-corrected chi connectivity index (χ3v) is 26.5. The Labute approximate surface area is 653 Å². The maximum absolute atomic E-state index is 11.9. The number of carboxylic acid groups (broad SMARTS) is 1. The topological polar surface area (TPSA) is 77.2 Å². The Morgan fingerprint density at radius 3 is 1.48 bits per heavy atom. The SMILES string of the molecule is CCCCCCCCC(CCCCCC)COc1ccc2c(c1)C(c1ccc(CCCCCC)cc1)(c1ccc(CCCCCC)cc1)c1c-2c2cccc3c4cccc5c(-c6ccc(-c7ccc(-c8ccc(C(=O)O)cc8)c8nsnc78)s6)cc6c(c54)c(c23)c1n6CC(CCCCCC)CCCCCCCC. The molecule has 13 aromatic rings. The average Bonchev–Trinajstić information content (AvgIpc) is 1.48. The van der Waals surface area contributed by atoms with E-state index in [1.165, 1.54) is 326 Å². The van der Waals surface area contributed by atoms with Crippen LogP contribution >= 0.6 is 23.1 Å². The lowest BCUT2D eigenvalue weighted by atomic mass is 9.66. The predicted molar refractivity (Wildman–Crippen MR) is 465 cm³/mol. The van der Waals surface area contributed by atoms with Crippen molar-refractivity contribution >= 4 is 94.2 Å². The van der Waals surface area contributed by atoms with Crippen molar-refractivity contribution in [2.24, 2.45) is 11.8 Å². The number of aryl methyl sites for hydroxylation is 2. The fourth-order valence-corrected chi connectivity index (χ4v) is 20.6. The monoisotopic (exact) mass is 1470 g/mol. The molecule has 10 aromatic carbocycles. The van der Waals surface area contributed by atoms with Gasteiger partial charge in [-0.15, -0.1) is 11.3 Å². The van der Waals surface area contributed by atoms with Gasteiger partial charge in [0.1, 0.15) is 16.8 Å². The molecule has 0 spiro atoms. The zero-order valence-corrected chi connectivity index (χ0v) is 67.7. The third kappa shape index (κ3) is 16.0. The first-order valence-corrected chi connectivity index (χ1v) is 44.4. The lowest BCUT2D eigenvalue weighted by molar-refractivity contribution is 0.0696. The number of fused-ring (bicyclic) bond motifs is 7. The summed E-state index contributed by atoms with van der Waals surface area (Å²) in [6.07, 6.45) is 42.8. The van der Waals surface area contributed by atoms with Crippen LogP contribution < -0.4 is 4.74 Å². The Morgan fingerprint density at radius 1 is 0.444 bits per heavy atom. The van der Waals surface area contributed by atoms with Crippen molar-refractivity contribution < 1.29 is 14.6 Å². The largest absolute Gasteiger partial charge is 0.493 e. The summed E-state index contributed by atoms with van der Waals surface area (Å²) in [5.74, 6) is 1.06. The van der Waals surface area contributed by atoms with Crippen LogP contribution in [0.4, 0.5) is 0 Å². The zero-order valence-electron chi connectivity index (χ0n) is 66.0. The Morgan fingerprint density at radius 2 is 0.917 bits per heavy atom. The quantitative estimate of drug-likeness (QED) is 0.0234. The summed E-state index contributed by atoms with van der Waals surface area (Å²) in [6, 6.07) is 61.2.